The molecule has 7 rings (SSSR count). The van der Waals surface area contributed by atoms with E-state index in [1.807, 2.05) is 48.5 Å². The van der Waals surface area contributed by atoms with Crippen molar-refractivity contribution in [1.82, 2.24) is 24.3 Å². The van der Waals surface area contributed by atoms with Gasteiger partial charge >= 0.3 is 0 Å². The van der Waals surface area contributed by atoms with Crippen molar-refractivity contribution in [1.29, 1.82) is 5.26 Å². The van der Waals surface area contributed by atoms with E-state index in [0.29, 0.717) is 16.5 Å². The Bertz CT molecular complexity index is 2300. The molecule has 0 saturated heterocycles. The third-order valence-electron chi connectivity index (χ3n) is 7.44. The van der Waals surface area contributed by atoms with Crippen LogP contribution in [0.4, 0.5) is 17.2 Å². The first-order chi connectivity index (χ1) is 21.6. The fraction of sp³-hybridized carbons (Fsp3) is 0.0606. The maximum absolute atomic E-state index is 13.6. The molecule has 2 N–H and O–H groups in total. The summed E-state index contributed by atoms with van der Waals surface area (Å²) in [4.78, 5) is 22.0. The van der Waals surface area contributed by atoms with Gasteiger partial charge < -0.3 is 15.0 Å². The number of nitriles is 1. The highest BCUT2D eigenvalue weighted by Crippen LogP contribution is 2.40. The molecule has 44 heavy (non-hydrogen) atoms. The van der Waals surface area contributed by atoms with Crippen LogP contribution in [0.2, 0.25) is 0 Å². The molecule has 11 heteroatoms. The van der Waals surface area contributed by atoms with Crippen molar-refractivity contribution in [3.05, 3.63) is 109 Å². The molecular formula is C33H23N9O2. The summed E-state index contributed by atoms with van der Waals surface area (Å²) in [5, 5.41) is 40.1. The van der Waals surface area contributed by atoms with Gasteiger partial charge in [0.15, 0.2) is 11.6 Å². The Morgan fingerprint density at radius 3 is 2.48 bits per heavy atom. The molecule has 7 aromatic rings. The average molecular weight is 578 g/mol. The molecule has 0 aliphatic carbocycles. The number of rotatable bonds is 6. The first-order valence-corrected chi connectivity index (χ1v) is 13.8. The molecule has 0 saturated carbocycles. The molecule has 11 nitrogen and oxygen atoms in total. The van der Waals surface area contributed by atoms with Gasteiger partial charge in [-0.15, -0.1) is 10.2 Å². The van der Waals surface area contributed by atoms with Gasteiger partial charge in [0.25, 0.3) is 11.9 Å². The van der Waals surface area contributed by atoms with Crippen LogP contribution >= 0.6 is 0 Å². The van der Waals surface area contributed by atoms with Crippen LogP contribution in [0.1, 0.15) is 22.8 Å². The van der Waals surface area contributed by atoms with E-state index < -0.39 is 5.91 Å². The third-order valence-corrected chi connectivity index (χ3v) is 7.44. The summed E-state index contributed by atoms with van der Waals surface area (Å²) in [7, 11) is 0. The number of aromatic nitrogens is 5. The predicted molar refractivity (Wildman–Crippen MR) is 167 cm³/mol. The number of carbonyl (C=O) groups excluding carboxylic acids is 1. The molecule has 3 aromatic heterocycles. The summed E-state index contributed by atoms with van der Waals surface area (Å²) < 4.78 is 3.51. The van der Waals surface area contributed by atoms with Crippen LogP contribution < -0.4 is 5.32 Å². The number of anilines is 1. The summed E-state index contributed by atoms with van der Waals surface area (Å²) in [6.07, 6.45) is 4.41. The second-order valence-electron chi connectivity index (χ2n) is 9.94. The molecule has 3 heterocycles. The van der Waals surface area contributed by atoms with Crippen LogP contribution in [-0.4, -0.2) is 35.3 Å². The summed E-state index contributed by atoms with van der Waals surface area (Å²) in [6.45, 7) is 2.91. The number of para-hydroxylation sites is 1. The average Bonchev–Trinajstić information content (AvgIpc) is 3.62. The molecule has 1 amide bonds. The number of amides is 1. The molecule has 212 valence electrons. The Kier molecular flexibility index (Phi) is 6.49. The van der Waals surface area contributed by atoms with E-state index in [9.17, 15) is 15.2 Å². The number of phenols is 1. The second-order valence-corrected chi connectivity index (χ2v) is 9.94. The number of fused-ring (bicyclic) bond motifs is 4. The number of nitrogens with zero attached hydrogens (tertiary/aromatic N) is 8. The van der Waals surface area contributed by atoms with Gasteiger partial charge in [-0.25, -0.2) is 9.97 Å². The maximum atomic E-state index is 13.6. The molecule has 0 fully saturated rings. The second kappa shape index (κ2) is 10.8. The van der Waals surface area contributed by atoms with Gasteiger partial charge in [-0.3, -0.25) is 4.79 Å². The fourth-order valence-electron chi connectivity index (χ4n) is 5.42. The Morgan fingerprint density at radius 1 is 0.932 bits per heavy atom. The zero-order valence-corrected chi connectivity index (χ0v) is 23.4. The highest BCUT2D eigenvalue weighted by molar-refractivity contribution is 6.14. The lowest BCUT2D eigenvalue weighted by atomic mass is 10.0. The van der Waals surface area contributed by atoms with Crippen LogP contribution in [0.5, 0.6) is 5.75 Å². The number of carbonyl (C=O) groups is 1. The molecule has 0 spiro atoms. The lowest BCUT2D eigenvalue weighted by molar-refractivity contribution is 0.102. The largest absolute Gasteiger partial charge is 0.505 e. The Labute approximate surface area is 250 Å². The Hall–Kier alpha value is -6.41. The minimum absolute atomic E-state index is 0.0224. The number of phenolic OH excluding ortho intramolecular Hbond substituents is 1. The van der Waals surface area contributed by atoms with Gasteiger partial charge in [0.2, 0.25) is 0 Å². The van der Waals surface area contributed by atoms with Crippen LogP contribution in [0, 0.1) is 11.3 Å². The van der Waals surface area contributed by atoms with Crippen molar-refractivity contribution >= 4 is 55.7 Å². The van der Waals surface area contributed by atoms with E-state index in [0.717, 1.165) is 28.4 Å². The number of aromatic hydroxyl groups is 1. The number of aryl methyl sites for hydroxylation is 1. The van der Waals surface area contributed by atoms with Crippen LogP contribution in [0.3, 0.4) is 0 Å². The quantitative estimate of drug-likeness (QED) is 0.200. The Morgan fingerprint density at radius 2 is 1.68 bits per heavy atom. The number of hydrogen-bond donors (Lipinski definition) is 2. The molecule has 0 atom stereocenters. The third kappa shape index (κ3) is 4.38. The zero-order chi connectivity index (χ0) is 30.2. The smallest absolute Gasteiger partial charge is 0.259 e. The van der Waals surface area contributed by atoms with E-state index in [1.165, 1.54) is 23.3 Å². The fourth-order valence-corrected chi connectivity index (χ4v) is 5.42. The van der Waals surface area contributed by atoms with Crippen LogP contribution in [0.25, 0.3) is 38.5 Å². The number of hydrogen-bond acceptors (Lipinski definition) is 8. The van der Waals surface area contributed by atoms with Gasteiger partial charge in [0.05, 0.1) is 11.8 Å². The van der Waals surface area contributed by atoms with E-state index >= 15 is 0 Å². The van der Waals surface area contributed by atoms with Gasteiger partial charge in [-0.2, -0.15) is 15.0 Å². The van der Waals surface area contributed by atoms with Crippen molar-refractivity contribution in [2.24, 2.45) is 10.2 Å². The lowest BCUT2D eigenvalue weighted by Crippen LogP contribution is -2.12. The standard InChI is InChI=1S/C33H23N9O2/c1-2-41-27-11-6-5-10-24(27)25-17-22(12-13-28(25)41)38-32(44)26-16-20-8-3-4-9-23(20)29(30(26)43)39-40-31-21(18-34)19-37-42(31)33-35-14-7-15-36-33/h3-17,19,43H,2H2,1H3,(H,38,44)/b40-39+. The number of nitrogens with one attached hydrogen (secondary N) is 1. The van der Waals surface area contributed by atoms with E-state index in [1.54, 1.807) is 24.3 Å². The minimum atomic E-state index is -0.510. The monoisotopic (exact) mass is 577 g/mol. The van der Waals surface area contributed by atoms with Crippen molar-refractivity contribution < 1.29 is 9.90 Å². The highest BCUT2D eigenvalue weighted by atomic mass is 16.3. The summed E-state index contributed by atoms with van der Waals surface area (Å²) in [5.41, 5.74) is 3.01. The van der Waals surface area contributed by atoms with Gasteiger partial charge in [-0.05, 0) is 48.7 Å². The lowest BCUT2D eigenvalue weighted by Gasteiger charge is -2.11. The van der Waals surface area contributed by atoms with Crippen molar-refractivity contribution in [3.63, 3.8) is 0 Å². The van der Waals surface area contributed by atoms with Gasteiger partial charge in [-0.1, -0.05) is 42.5 Å². The maximum Gasteiger partial charge on any atom is 0.259 e. The molecule has 0 radical (unpaired) electrons. The highest BCUT2D eigenvalue weighted by Gasteiger charge is 2.20. The summed E-state index contributed by atoms with van der Waals surface area (Å²) >= 11 is 0. The van der Waals surface area contributed by atoms with Crippen molar-refractivity contribution in [3.8, 4) is 17.8 Å². The van der Waals surface area contributed by atoms with Crippen LogP contribution in [0.15, 0.2) is 108 Å². The molecule has 0 unspecified atom stereocenters. The molecular weight excluding hydrogens is 554 g/mol. The van der Waals surface area contributed by atoms with Crippen molar-refractivity contribution in [2.75, 3.05) is 5.32 Å². The molecule has 0 aliphatic heterocycles. The topological polar surface area (TPSA) is 146 Å². The first-order valence-electron chi connectivity index (χ1n) is 13.8. The SMILES string of the molecule is CCn1c2ccccc2c2cc(NC(=O)c3cc4ccccc4c(/N=N/c4c(C#N)cnn4-c4ncccn4)c3O)ccc21. The van der Waals surface area contributed by atoms with E-state index in [-0.39, 0.29) is 34.3 Å². The molecule has 0 bridgehead atoms. The normalized spacial score (nSPS) is 11.5. The van der Waals surface area contributed by atoms with Crippen LogP contribution in [-0.2, 0) is 6.54 Å². The van der Waals surface area contributed by atoms with Gasteiger partial charge in [0, 0.05) is 51.8 Å². The number of benzene rings is 4. The van der Waals surface area contributed by atoms with Gasteiger partial charge in [0.1, 0.15) is 17.3 Å². The van der Waals surface area contributed by atoms with E-state index in [2.05, 4.69) is 54.2 Å². The summed E-state index contributed by atoms with van der Waals surface area (Å²) in [6, 6.07) is 26.5. The predicted octanol–water partition coefficient (Wildman–Crippen LogP) is 7.19. The molecule has 4 aromatic carbocycles. The first kappa shape index (κ1) is 26.5. The molecule has 0 aliphatic rings. The zero-order valence-electron chi connectivity index (χ0n) is 23.4. The Balaban J connectivity index is 1.29. The summed E-state index contributed by atoms with van der Waals surface area (Å²) in [5.74, 6) is -0.585. The number of azo groups is 1. The van der Waals surface area contributed by atoms with Crippen molar-refractivity contribution in [2.45, 2.75) is 13.5 Å². The minimum Gasteiger partial charge on any atom is -0.505 e. The van der Waals surface area contributed by atoms with E-state index in [4.69, 9.17) is 0 Å².